The van der Waals surface area contributed by atoms with Crippen molar-refractivity contribution in [2.24, 2.45) is 5.41 Å². The molecular formula is C20H30SeSi. The first-order valence-electron chi connectivity index (χ1n) is 8.81. The minimum absolute atomic E-state index is 0.534. The molecule has 1 fully saturated rings. The van der Waals surface area contributed by atoms with Gasteiger partial charge in [0.25, 0.3) is 0 Å². The van der Waals surface area contributed by atoms with Crippen LogP contribution in [0.25, 0.3) is 0 Å². The molecule has 0 radical (unpaired) electrons. The Bertz CT molecular complexity index is 543. The molecule has 0 N–H and O–H groups in total. The average Bonchev–Trinajstić information content (AvgIpc) is 2.47. The van der Waals surface area contributed by atoms with Gasteiger partial charge in [-0.25, -0.2) is 0 Å². The Morgan fingerprint density at radius 1 is 1.14 bits per heavy atom. The quantitative estimate of drug-likeness (QED) is 0.487. The van der Waals surface area contributed by atoms with Gasteiger partial charge < -0.3 is 0 Å². The standard InChI is InChI=1S/C20H30SeSi/c1-20-13-9-8-10-16(20)14-18(15-19(20)22(2,3)4)21-17-11-6-5-7-12-17/h5-7,10-12,18-19H,8-9,13-15H2,1-4H3/t18-,19+,20-/m1/s1. The van der Waals surface area contributed by atoms with Crippen LogP contribution >= 0.6 is 0 Å². The first-order chi connectivity index (χ1) is 10.4. The molecule has 0 saturated heterocycles. The predicted molar refractivity (Wildman–Crippen MR) is 102 cm³/mol. The topological polar surface area (TPSA) is 0 Å². The molecule has 120 valence electrons. The fourth-order valence-electron chi connectivity index (χ4n) is 4.80. The fourth-order valence-corrected chi connectivity index (χ4v) is 11.0. The number of allylic oxidation sites excluding steroid dienone is 2. The second kappa shape index (κ2) is 6.30. The van der Waals surface area contributed by atoms with Crippen molar-refractivity contribution in [1.29, 1.82) is 0 Å². The zero-order chi connectivity index (χ0) is 15.8. The van der Waals surface area contributed by atoms with Crippen LogP contribution in [0.4, 0.5) is 0 Å². The summed E-state index contributed by atoms with van der Waals surface area (Å²) in [6.45, 7) is 10.4. The van der Waals surface area contributed by atoms with Gasteiger partial charge in [-0.05, 0) is 0 Å². The van der Waals surface area contributed by atoms with Crippen LogP contribution in [0.15, 0.2) is 42.0 Å². The Morgan fingerprint density at radius 3 is 2.55 bits per heavy atom. The summed E-state index contributed by atoms with van der Waals surface area (Å²) in [5, 5.41) is 0. The van der Waals surface area contributed by atoms with Crippen LogP contribution in [0, 0.1) is 5.41 Å². The summed E-state index contributed by atoms with van der Waals surface area (Å²) in [7, 11) is -1.13. The van der Waals surface area contributed by atoms with Crippen LogP contribution in [0.3, 0.4) is 0 Å². The first kappa shape index (κ1) is 16.6. The van der Waals surface area contributed by atoms with Crippen molar-refractivity contribution >= 4 is 27.5 Å². The van der Waals surface area contributed by atoms with Gasteiger partial charge in [0, 0.05) is 0 Å². The number of rotatable bonds is 3. The number of hydrogen-bond acceptors (Lipinski definition) is 0. The molecule has 0 nitrogen and oxygen atoms in total. The van der Waals surface area contributed by atoms with Gasteiger partial charge in [0.15, 0.2) is 0 Å². The van der Waals surface area contributed by atoms with Gasteiger partial charge in [-0.2, -0.15) is 0 Å². The molecule has 22 heavy (non-hydrogen) atoms. The Kier molecular flexibility index (Phi) is 4.74. The Balaban J connectivity index is 1.86. The molecular weight excluding hydrogens is 347 g/mol. The molecule has 0 amide bonds. The van der Waals surface area contributed by atoms with Crippen molar-refractivity contribution in [2.45, 2.75) is 69.0 Å². The maximum atomic E-state index is 2.63. The molecule has 0 aromatic heterocycles. The Morgan fingerprint density at radius 2 is 1.86 bits per heavy atom. The minimum atomic E-state index is -1.13. The van der Waals surface area contributed by atoms with Crippen LogP contribution in [-0.4, -0.2) is 23.0 Å². The molecule has 3 rings (SSSR count). The van der Waals surface area contributed by atoms with Crippen LogP contribution in [0.1, 0.15) is 39.0 Å². The van der Waals surface area contributed by atoms with E-state index in [4.69, 9.17) is 0 Å². The molecule has 0 spiro atoms. The van der Waals surface area contributed by atoms with E-state index in [0.29, 0.717) is 20.4 Å². The van der Waals surface area contributed by atoms with Crippen LogP contribution in [-0.2, 0) is 0 Å². The van der Waals surface area contributed by atoms with E-state index in [0.717, 1.165) is 10.4 Å². The van der Waals surface area contributed by atoms with Gasteiger partial charge in [-0.1, -0.05) is 0 Å². The zero-order valence-electron chi connectivity index (χ0n) is 14.6. The summed E-state index contributed by atoms with van der Waals surface area (Å²) < 4.78 is 1.59. The third-order valence-electron chi connectivity index (χ3n) is 5.83. The zero-order valence-corrected chi connectivity index (χ0v) is 17.3. The fraction of sp³-hybridized carbons (Fsp3) is 0.600. The molecule has 0 aliphatic heterocycles. The average molecular weight is 378 g/mol. The van der Waals surface area contributed by atoms with E-state index in [1.54, 1.807) is 4.46 Å². The van der Waals surface area contributed by atoms with E-state index >= 15 is 0 Å². The van der Waals surface area contributed by atoms with E-state index < -0.39 is 8.07 Å². The molecule has 0 bridgehead atoms. The molecule has 1 aromatic rings. The van der Waals surface area contributed by atoms with E-state index in [1.807, 2.05) is 5.57 Å². The van der Waals surface area contributed by atoms with Crippen molar-refractivity contribution in [3.63, 3.8) is 0 Å². The van der Waals surface area contributed by atoms with Crippen molar-refractivity contribution in [3.05, 3.63) is 42.0 Å². The van der Waals surface area contributed by atoms with Crippen molar-refractivity contribution in [3.8, 4) is 0 Å². The maximum absolute atomic E-state index is 2.63. The molecule has 2 heteroatoms. The molecule has 2 aliphatic carbocycles. The van der Waals surface area contributed by atoms with Gasteiger partial charge in [-0.15, -0.1) is 0 Å². The number of benzene rings is 1. The summed E-state index contributed by atoms with van der Waals surface area (Å²) in [5.41, 5.74) is 3.34. The normalized spacial score (nSPS) is 32.3. The number of hydrogen-bond donors (Lipinski definition) is 0. The molecule has 1 saturated carbocycles. The summed E-state index contributed by atoms with van der Waals surface area (Å²) in [4.78, 5) is 0.920. The SMILES string of the molecule is C[C@@]12CCCC=C1C[C@@H]([Se]c1ccccc1)C[C@@H]2[Si](C)(C)C. The van der Waals surface area contributed by atoms with Gasteiger partial charge in [0.2, 0.25) is 0 Å². The van der Waals surface area contributed by atoms with Crippen molar-refractivity contribution < 1.29 is 0 Å². The van der Waals surface area contributed by atoms with Gasteiger partial charge in [0.1, 0.15) is 0 Å². The molecule has 1 aromatic carbocycles. The summed E-state index contributed by atoms with van der Waals surface area (Å²) >= 11 is 0.638. The third kappa shape index (κ3) is 3.30. The van der Waals surface area contributed by atoms with Gasteiger partial charge in [-0.3, -0.25) is 0 Å². The first-order valence-corrected chi connectivity index (χ1v) is 14.2. The Hall–Kier alpha value is -0.304. The molecule has 0 unspecified atom stereocenters. The van der Waals surface area contributed by atoms with Gasteiger partial charge in [0.05, 0.1) is 0 Å². The van der Waals surface area contributed by atoms with Gasteiger partial charge >= 0.3 is 144 Å². The number of fused-ring (bicyclic) bond motifs is 1. The van der Waals surface area contributed by atoms with Crippen LogP contribution < -0.4 is 4.46 Å². The molecule has 2 aliphatic rings. The van der Waals surface area contributed by atoms with E-state index in [2.05, 4.69) is 63.0 Å². The van der Waals surface area contributed by atoms with E-state index in [9.17, 15) is 0 Å². The van der Waals surface area contributed by atoms with Crippen molar-refractivity contribution in [2.75, 3.05) is 0 Å². The molecule has 0 heterocycles. The monoisotopic (exact) mass is 378 g/mol. The Labute approximate surface area is 144 Å². The van der Waals surface area contributed by atoms with Crippen molar-refractivity contribution in [1.82, 2.24) is 0 Å². The third-order valence-corrected chi connectivity index (χ3v) is 11.4. The van der Waals surface area contributed by atoms with E-state index in [-0.39, 0.29) is 0 Å². The second-order valence-electron chi connectivity index (χ2n) is 8.45. The van der Waals surface area contributed by atoms with Crippen LogP contribution in [0.5, 0.6) is 0 Å². The molecule has 3 atom stereocenters. The summed E-state index contributed by atoms with van der Waals surface area (Å²) in [6, 6.07) is 11.2. The van der Waals surface area contributed by atoms with Crippen LogP contribution in [0.2, 0.25) is 30.0 Å². The second-order valence-corrected chi connectivity index (χ2v) is 16.8. The summed E-state index contributed by atoms with van der Waals surface area (Å²) in [6.07, 6.45) is 9.68. The predicted octanol–water partition coefficient (Wildman–Crippen LogP) is 5.42. The van der Waals surface area contributed by atoms with E-state index in [1.165, 1.54) is 32.1 Å². The summed E-state index contributed by atoms with van der Waals surface area (Å²) in [5.74, 6) is 0.